The van der Waals surface area contributed by atoms with Crippen LogP contribution in [-0.2, 0) is 4.74 Å². The lowest BCUT2D eigenvalue weighted by Gasteiger charge is -2.23. The van der Waals surface area contributed by atoms with Crippen molar-refractivity contribution >= 4 is 22.0 Å². The molecule has 0 aliphatic rings. The quantitative estimate of drug-likeness (QED) is 0.740. The van der Waals surface area contributed by atoms with Gasteiger partial charge in [0.05, 0.1) is 6.61 Å². The van der Waals surface area contributed by atoms with Crippen molar-refractivity contribution in [2.24, 2.45) is 0 Å². The summed E-state index contributed by atoms with van der Waals surface area (Å²) < 4.78 is 12.0. The molecule has 1 rings (SSSR count). The summed E-state index contributed by atoms with van der Waals surface area (Å²) in [5, 5.41) is 2.92. The third-order valence-electron chi connectivity index (χ3n) is 2.91. The molecule has 0 bridgehead atoms. The maximum absolute atomic E-state index is 11.8. The number of alkyl carbamates (subject to hydrolysis) is 1. The van der Waals surface area contributed by atoms with Crippen molar-refractivity contribution in [3.05, 3.63) is 28.7 Å². The molecular weight excluding hydrogens is 346 g/mol. The minimum Gasteiger partial charge on any atom is -0.494 e. The highest BCUT2D eigenvalue weighted by molar-refractivity contribution is 9.10. The molecule has 0 heterocycles. The molecule has 0 spiro atoms. The van der Waals surface area contributed by atoms with E-state index < -0.39 is 5.60 Å². The minimum atomic E-state index is -0.477. The number of rotatable bonds is 7. The Morgan fingerprint density at radius 2 is 1.86 bits per heavy atom. The van der Waals surface area contributed by atoms with Gasteiger partial charge in [0.25, 0.3) is 0 Å². The van der Waals surface area contributed by atoms with Gasteiger partial charge in [-0.1, -0.05) is 29.3 Å². The van der Waals surface area contributed by atoms with Crippen LogP contribution in [0.3, 0.4) is 0 Å². The van der Waals surface area contributed by atoms with Crippen LogP contribution in [0.25, 0.3) is 0 Å². The van der Waals surface area contributed by atoms with Gasteiger partial charge < -0.3 is 14.8 Å². The largest absolute Gasteiger partial charge is 0.494 e. The van der Waals surface area contributed by atoms with Crippen molar-refractivity contribution in [1.29, 1.82) is 0 Å². The van der Waals surface area contributed by atoms with Crippen molar-refractivity contribution in [1.82, 2.24) is 5.32 Å². The van der Waals surface area contributed by atoms with E-state index in [1.54, 1.807) is 0 Å². The maximum Gasteiger partial charge on any atom is 0.407 e. The Morgan fingerprint density at radius 3 is 2.41 bits per heavy atom. The van der Waals surface area contributed by atoms with Gasteiger partial charge in [0.2, 0.25) is 0 Å². The second-order valence-electron chi connectivity index (χ2n) is 6.22. The molecule has 0 fully saturated rings. The molecule has 0 unspecified atom stereocenters. The summed E-state index contributed by atoms with van der Waals surface area (Å²) in [5.74, 6) is 0.829. The highest BCUT2D eigenvalue weighted by Gasteiger charge is 2.19. The molecule has 124 valence electrons. The number of nitrogens with one attached hydrogen (secondary N) is 1. The first-order valence-corrected chi connectivity index (χ1v) is 8.47. The fourth-order valence-corrected chi connectivity index (χ4v) is 2.23. The van der Waals surface area contributed by atoms with Crippen LogP contribution in [-0.4, -0.2) is 24.3 Å². The molecule has 4 nitrogen and oxygen atoms in total. The Morgan fingerprint density at radius 1 is 1.23 bits per heavy atom. The standard InChI is InChI=1S/C17H26BrNO3/c1-5-6-14(19-16(20)22-17(2,3)4)11-12-21-15-9-7-13(18)8-10-15/h7-10,14H,5-6,11-12H2,1-4H3,(H,19,20)/t14-/m1/s1. The second-order valence-corrected chi connectivity index (χ2v) is 7.14. The molecule has 1 N–H and O–H groups in total. The number of carbonyl (C=O) groups excluding carboxylic acids is 1. The number of hydrogen-bond donors (Lipinski definition) is 1. The van der Waals surface area contributed by atoms with E-state index in [0.717, 1.165) is 29.5 Å². The van der Waals surface area contributed by atoms with Gasteiger partial charge in [0, 0.05) is 16.9 Å². The van der Waals surface area contributed by atoms with E-state index in [1.807, 2.05) is 45.0 Å². The van der Waals surface area contributed by atoms with Crippen molar-refractivity contribution in [2.45, 2.75) is 58.6 Å². The first-order valence-electron chi connectivity index (χ1n) is 7.68. The summed E-state index contributed by atoms with van der Waals surface area (Å²) >= 11 is 3.39. The Hall–Kier alpha value is -1.23. The number of halogens is 1. The summed E-state index contributed by atoms with van der Waals surface area (Å²) in [4.78, 5) is 11.8. The molecule has 0 aliphatic heterocycles. The van der Waals surface area contributed by atoms with Crippen molar-refractivity contribution in [3.8, 4) is 5.75 Å². The molecule has 1 atom stereocenters. The van der Waals surface area contributed by atoms with Gasteiger partial charge in [0.1, 0.15) is 11.4 Å². The molecule has 22 heavy (non-hydrogen) atoms. The van der Waals surface area contributed by atoms with Gasteiger partial charge in [-0.3, -0.25) is 0 Å². The van der Waals surface area contributed by atoms with Crippen LogP contribution in [0.5, 0.6) is 5.75 Å². The summed E-state index contributed by atoms with van der Waals surface area (Å²) in [6, 6.07) is 7.78. The van der Waals surface area contributed by atoms with Crippen LogP contribution < -0.4 is 10.1 Å². The number of amides is 1. The summed E-state index contributed by atoms with van der Waals surface area (Å²) in [6.07, 6.45) is 2.29. The van der Waals surface area contributed by atoms with Gasteiger partial charge >= 0.3 is 6.09 Å². The van der Waals surface area contributed by atoms with E-state index >= 15 is 0 Å². The fraction of sp³-hybridized carbons (Fsp3) is 0.588. The average molecular weight is 372 g/mol. The van der Waals surface area contributed by atoms with E-state index in [0.29, 0.717) is 6.61 Å². The van der Waals surface area contributed by atoms with E-state index in [2.05, 4.69) is 28.2 Å². The highest BCUT2D eigenvalue weighted by Crippen LogP contribution is 2.16. The first-order chi connectivity index (χ1) is 10.3. The predicted octanol–water partition coefficient (Wildman–Crippen LogP) is 4.91. The van der Waals surface area contributed by atoms with Crippen LogP contribution in [0.2, 0.25) is 0 Å². The van der Waals surface area contributed by atoms with Crippen molar-refractivity contribution < 1.29 is 14.3 Å². The Bertz CT molecular complexity index is 454. The van der Waals surface area contributed by atoms with Crippen molar-refractivity contribution in [3.63, 3.8) is 0 Å². The number of carbonyl (C=O) groups is 1. The monoisotopic (exact) mass is 371 g/mol. The Labute approximate surface area is 141 Å². The van der Waals surface area contributed by atoms with Crippen LogP contribution in [0.4, 0.5) is 4.79 Å². The van der Waals surface area contributed by atoms with Crippen LogP contribution in [0.15, 0.2) is 28.7 Å². The zero-order valence-electron chi connectivity index (χ0n) is 13.8. The lowest BCUT2D eigenvalue weighted by Crippen LogP contribution is -2.39. The van der Waals surface area contributed by atoms with Crippen LogP contribution in [0.1, 0.15) is 47.0 Å². The number of hydrogen-bond acceptors (Lipinski definition) is 3. The predicted molar refractivity (Wildman–Crippen MR) is 92.3 cm³/mol. The smallest absolute Gasteiger partial charge is 0.407 e. The van der Waals surface area contributed by atoms with Gasteiger partial charge in [-0.15, -0.1) is 0 Å². The normalized spacial score (nSPS) is 12.6. The topological polar surface area (TPSA) is 47.6 Å². The average Bonchev–Trinajstić information content (AvgIpc) is 2.39. The molecule has 1 amide bonds. The number of ether oxygens (including phenoxy) is 2. The van der Waals surface area contributed by atoms with E-state index in [-0.39, 0.29) is 12.1 Å². The minimum absolute atomic E-state index is 0.0651. The van der Waals surface area contributed by atoms with Crippen LogP contribution in [0, 0.1) is 0 Å². The lowest BCUT2D eigenvalue weighted by atomic mass is 10.1. The highest BCUT2D eigenvalue weighted by atomic mass is 79.9. The lowest BCUT2D eigenvalue weighted by molar-refractivity contribution is 0.0495. The number of benzene rings is 1. The SMILES string of the molecule is CCC[C@H](CCOc1ccc(Br)cc1)NC(=O)OC(C)(C)C. The Balaban J connectivity index is 2.40. The van der Waals surface area contributed by atoms with Gasteiger partial charge in [-0.25, -0.2) is 4.79 Å². The molecule has 1 aromatic carbocycles. The Kier molecular flexibility index (Phi) is 7.73. The molecule has 0 saturated carbocycles. The second kappa shape index (κ2) is 9.03. The molecule has 0 radical (unpaired) electrons. The molecular formula is C17H26BrNO3. The summed E-state index contributed by atoms with van der Waals surface area (Å²) in [6.45, 7) is 8.23. The molecule has 0 saturated heterocycles. The fourth-order valence-electron chi connectivity index (χ4n) is 1.96. The van der Waals surface area contributed by atoms with Gasteiger partial charge in [-0.2, -0.15) is 0 Å². The molecule has 0 aromatic heterocycles. The maximum atomic E-state index is 11.8. The van der Waals surface area contributed by atoms with Crippen LogP contribution >= 0.6 is 15.9 Å². The molecule has 5 heteroatoms. The molecule has 1 aromatic rings. The zero-order valence-corrected chi connectivity index (χ0v) is 15.4. The first kappa shape index (κ1) is 18.8. The van der Waals surface area contributed by atoms with Gasteiger partial charge in [0.15, 0.2) is 0 Å². The van der Waals surface area contributed by atoms with E-state index in [4.69, 9.17) is 9.47 Å². The third-order valence-corrected chi connectivity index (χ3v) is 3.44. The van der Waals surface area contributed by atoms with E-state index in [1.165, 1.54) is 0 Å². The molecule has 0 aliphatic carbocycles. The summed E-state index contributed by atoms with van der Waals surface area (Å²) in [5.41, 5.74) is -0.477. The van der Waals surface area contributed by atoms with Gasteiger partial charge in [-0.05, 0) is 51.5 Å². The third kappa shape index (κ3) is 8.27. The zero-order chi connectivity index (χ0) is 16.6. The van der Waals surface area contributed by atoms with Crippen molar-refractivity contribution in [2.75, 3.05) is 6.61 Å². The van der Waals surface area contributed by atoms with E-state index in [9.17, 15) is 4.79 Å². The summed E-state index contributed by atoms with van der Waals surface area (Å²) in [7, 11) is 0.